The second-order valence-electron chi connectivity index (χ2n) is 4.29. The van der Waals surface area contributed by atoms with Crippen LogP contribution in [0.2, 0.25) is 0 Å². The van der Waals surface area contributed by atoms with Gasteiger partial charge in [0.2, 0.25) is 0 Å². The molecule has 0 atom stereocenters. The first-order valence-corrected chi connectivity index (χ1v) is 5.84. The van der Waals surface area contributed by atoms with Crippen molar-refractivity contribution in [1.29, 1.82) is 0 Å². The van der Waals surface area contributed by atoms with Crippen molar-refractivity contribution < 1.29 is 4.79 Å². The summed E-state index contributed by atoms with van der Waals surface area (Å²) in [6, 6.07) is 9.69. The fraction of sp³-hybridized carbons (Fsp3) is 0.143. The van der Waals surface area contributed by atoms with Gasteiger partial charge in [0.1, 0.15) is 0 Å². The van der Waals surface area contributed by atoms with Gasteiger partial charge in [0, 0.05) is 17.4 Å². The molecule has 0 radical (unpaired) electrons. The van der Waals surface area contributed by atoms with Crippen LogP contribution in [0.1, 0.15) is 15.9 Å². The van der Waals surface area contributed by atoms with Crippen LogP contribution >= 0.6 is 0 Å². The van der Waals surface area contributed by atoms with Crippen molar-refractivity contribution in [3.05, 3.63) is 47.7 Å². The van der Waals surface area contributed by atoms with E-state index in [4.69, 9.17) is 0 Å². The van der Waals surface area contributed by atoms with E-state index >= 15 is 0 Å². The van der Waals surface area contributed by atoms with Gasteiger partial charge in [-0.25, -0.2) is 0 Å². The molecular formula is C14H13N3O. The van der Waals surface area contributed by atoms with Crippen molar-refractivity contribution in [3.63, 3.8) is 0 Å². The molecule has 1 amide bonds. The molecule has 0 saturated carbocycles. The number of hydrogen-bond acceptors (Lipinski definition) is 3. The van der Waals surface area contributed by atoms with Crippen LogP contribution in [0.25, 0.3) is 11.3 Å². The van der Waals surface area contributed by atoms with Crippen molar-refractivity contribution in [2.75, 3.05) is 12.0 Å². The summed E-state index contributed by atoms with van der Waals surface area (Å²) in [6.07, 6.45) is 1.78. The lowest BCUT2D eigenvalue weighted by Gasteiger charge is -2.19. The second kappa shape index (κ2) is 4.14. The summed E-state index contributed by atoms with van der Waals surface area (Å²) >= 11 is 0. The Morgan fingerprint density at radius 2 is 2.11 bits per heavy atom. The topological polar surface area (TPSA) is 54.0 Å². The van der Waals surface area contributed by atoms with Crippen LogP contribution in [0.5, 0.6) is 0 Å². The maximum Gasteiger partial charge on any atom is 0.254 e. The molecule has 0 fully saturated rings. The maximum absolute atomic E-state index is 11.6. The number of benzene rings is 1. The fourth-order valence-corrected chi connectivity index (χ4v) is 2.14. The first kappa shape index (κ1) is 10.8. The van der Waals surface area contributed by atoms with Gasteiger partial charge in [-0.15, -0.1) is 0 Å². The van der Waals surface area contributed by atoms with E-state index in [1.807, 2.05) is 37.3 Å². The number of carbonyl (C=O) groups excluding carboxylic acids is 1. The van der Waals surface area contributed by atoms with E-state index in [2.05, 4.69) is 15.6 Å². The molecule has 0 unspecified atom stereocenters. The zero-order valence-electron chi connectivity index (χ0n) is 10.0. The van der Waals surface area contributed by atoms with Crippen LogP contribution in [-0.4, -0.2) is 17.6 Å². The molecule has 1 aromatic carbocycles. The van der Waals surface area contributed by atoms with Gasteiger partial charge >= 0.3 is 0 Å². The molecule has 4 heteroatoms. The van der Waals surface area contributed by atoms with Crippen molar-refractivity contribution in [2.24, 2.45) is 0 Å². The number of nitrogens with one attached hydrogen (secondary N) is 2. The fourth-order valence-electron chi connectivity index (χ4n) is 2.14. The molecule has 18 heavy (non-hydrogen) atoms. The van der Waals surface area contributed by atoms with E-state index in [9.17, 15) is 4.79 Å². The molecule has 2 heterocycles. The first-order valence-electron chi connectivity index (χ1n) is 5.84. The summed E-state index contributed by atoms with van der Waals surface area (Å²) in [7, 11) is 0. The van der Waals surface area contributed by atoms with Crippen LogP contribution < -0.4 is 10.6 Å². The predicted octanol–water partition coefficient (Wildman–Crippen LogP) is 2.17. The largest absolute Gasteiger partial charge is 0.367 e. The molecule has 0 saturated heterocycles. The summed E-state index contributed by atoms with van der Waals surface area (Å²) in [5.41, 5.74) is 4.64. The lowest BCUT2D eigenvalue weighted by Crippen LogP contribution is -2.34. The first-order chi connectivity index (χ1) is 8.75. The van der Waals surface area contributed by atoms with Crippen molar-refractivity contribution in [1.82, 2.24) is 10.3 Å². The van der Waals surface area contributed by atoms with Gasteiger partial charge in [-0.1, -0.05) is 12.1 Å². The van der Waals surface area contributed by atoms with Crippen LogP contribution in [0.15, 0.2) is 36.5 Å². The quantitative estimate of drug-likeness (QED) is 0.802. The highest BCUT2D eigenvalue weighted by Crippen LogP contribution is 2.27. The molecule has 1 aromatic heterocycles. The molecule has 1 aliphatic rings. The molecule has 0 aliphatic carbocycles. The number of amides is 1. The van der Waals surface area contributed by atoms with E-state index in [1.165, 1.54) is 0 Å². The summed E-state index contributed by atoms with van der Waals surface area (Å²) in [5, 5.41) is 5.91. The van der Waals surface area contributed by atoms with Crippen molar-refractivity contribution in [3.8, 4) is 11.3 Å². The second-order valence-corrected chi connectivity index (χ2v) is 4.29. The number of nitrogens with zero attached hydrogens (tertiary/aromatic N) is 1. The third-order valence-corrected chi connectivity index (χ3v) is 3.07. The Bertz CT molecular complexity index is 622. The van der Waals surface area contributed by atoms with Gasteiger partial charge in [0.25, 0.3) is 5.91 Å². The Kier molecular flexibility index (Phi) is 2.48. The molecule has 0 spiro atoms. The lowest BCUT2D eigenvalue weighted by molar-refractivity contribution is 0.0953. The SMILES string of the molecule is Cc1cccnc1-c1ccc2c(c1)NCNC2=O. The summed E-state index contributed by atoms with van der Waals surface area (Å²) in [4.78, 5) is 16.0. The zero-order chi connectivity index (χ0) is 12.5. The molecule has 2 N–H and O–H groups in total. The molecule has 0 bridgehead atoms. The van der Waals surface area contributed by atoms with Gasteiger partial charge in [0.05, 0.1) is 17.9 Å². The van der Waals surface area contributed by atoms with Crippen LogP contribution in [0.3, 0.4) is 0 Å². The number of pyridine rings is 1. The summed E-state index contributed by atoms with van der Waals surface area (Å²) in [5.74, 6) is -0.0342. The van der Waals surface area contributed by atoms with E-state index in [0.717, 1.165) is 22.5 Å². The van der Waals surface area contributed by atoms with E-state index in [-0.39, 0.29) is 5.91 Å². The predicted molar refractivity (Wildman–Crippen MR) is 70.4 cm³/mol. The van der Waals surface area contributed by atoms with Gasteiger partial charge in [-0.3, -0.25) is 9.78 Å². The van der Waals surface area contributed by atoms with Crippen molar-refractivity contribution >= 4 is 11.6 Å². The Morgan fingerprint density at radius 3 is 2.94 bits per heavy atom. The number of aromatic nitrogens is 1. The highest BCUT2D eigenvalue weighted by atomic mass is 16.1. The Balaban J connectivity index is 2.10. The summed E-state index contributed by atoms with van der Waals surface area (Å²) in [6.45, 7) is 2.50. The van der Waals surface area contributed by atoms with Crippen LogP contribution in [-0.2, 0) is 0 Å². The average Bonchev–Trinajstić information content (AvgIpc) is 2.39. The average molecular weight is 239 g/mol. The monoisotopic (exact) mass is 239 g/mol. The van der Waals surface area contributed by atoms with Crippen LogP contribution in [0.4, 0.5) is 5.69 Å². The maximum atomic E-state index is 11.6. The molecule has 2 aromatic rings. The highest BCUT2D eigenvalue weighted by molar-refractivity contribution is 6.02. The van der Waals surface area contributed by atoms with E-state index < -0.39 is 0 Å². The normalized spacial score (nSPS) is 13.5. The molecule has 90 valence electrons. The number of hydrogen-bond donors (Lipinski definition) is 2. The minimum Gasteiger partial charge on any atom is -0.367 e. The molecular weight excluding hydrogens is 226 g/mol. The molecule has 1 aliphatic heterocycles. The number of anilines is 1. The number of rotatable bonds is 1. The highest BCUT2D eigenvalue weighted by Gasteiger charge is 2.16. The molecule has 4 nitrogen and oxygen atoms in total. The number of aryl methyl sites for hydroxylation is 1. The Hall–Kier alpha value is -2.36. The molecule has 3 rings (SSSR count). The lowest BCUT2D eigenvalue weighted by atomic mass is 10.0. The Labute approximate surface area is 105 Å². The number of carbonyl (C=O) groups is 1. The van der Waals surface area contributed by atoms with Crippen LogP contribution in [0, 0.1) is 6.92 Å². The minimum atomic E-state index is -0.0342. The number of fused-ring (bicyclic) bond motifs is 1. The Morgan fingerprint density at radius 1 is 1.22 bits per heavy atom. The van der Waals surface area contributed by atoms with Crippen molar-refractivity contribution in [2.45, 2.75) is 6.92 Å². The standard InChI is InChI=1S/C14H13N3O/c1-9-3-2-6-15-13(9)10-4-5-11-12(7-10)16-8-17-14(11)18/h2-7,16H,8H2,1H3,(H,17,18). The van der Waals surface area contributed by atoms with E-state index in [0.29, 0.717) is 12.2 Å². The smallest absolute Gasteiger partial charge is 0.254 e. The summed E-state index contributed by atoms with van der Waals surface area (Å²) < 4.78 is 0. The zero-order valence-corrected chi connectivity index (χ0v) is 10.0. The van der Waals surface area contributed by atoms with Gasteiger partial charge in [-0.2, -0.15) is 0 Å². The third-order valence-electron chi connectivity index (χ3n) is 3.07. The van der Waals surface area contributed by atoms with Gasteiger partial charge in [-0.05, 0) is 30.7 Å². The third kappa shape index (κ3) is 1.72. The van der Waals surface area contributed by atoms with E-state index in [1.54, 1.807) is 6.20 Å². The van der Waals surface area contributed by atoms with Gasteiger partial charge in [0.15, 0.2) is 0 Å². The minimum absolute atomic E-state index is 0.0342. The van der Waals surface area contributed by atoms with Gasteiger partial charge < -0.3 is 10.6 Å².